The highest BCUT2D eigenvalue weighted by Crippen LogP contribution is 2.21. The van der Waals surface area contributed by atoms with Crippen molar-refractivity contribution in [2.45, 2.75) is 6.54 Å². The lowest BCUT2D eigenvalue weighted by Gasteiger charge is -2.07. The maximum absolute atomic E-state index is 11.6. The summed E-state index contributed by atoms with van der Waals surface area (Å²) in [5.41, 5.74) is -0.457. The fraction of sp³-hybridized carbons (Fsp3) is 0.0909. The Bertz CT molecular complexity index is 706. The van der Waals surface area contributed by atoms with E-state index in [9.17, 15) is 9.59 Å². The number of aromatic nitrogens is 2. The second-order valence-electron chi connectivity index (χ2n) is 3.60. The molecular formula is C11H7Cl3N2O2. The molecule has 18 heavy (non-hydrogen) atoms. The van der Waals surface area contributed by atoms with E-state index in [0.29, 0.717) is 15.6 Å². The lowest BCUT2D eigenvalue weighted by atomic mass is 10.2. The Morgan fingerprint density at radius 1 is 1.11 bits per heavy atom. The zero-order valence-corrected chi connectivity index (χ0v) is 11.2. The molecule has 0 unspecified atom stereocenters. The number of H-pyrrole nitrogens is 1. The summed E-state index contributed by atoms with van der Waals surface area (Å²) in [5, 5.41) is 0.895. The number of hydrogen-bond acceptors (Lipinski definition) is 2. The molecule has 94 valence electrons. The van der Waals surface area contributed by atoms with Gasteiger partial charge in [0.1, 0.15) is 5.02 Å². The standard InChI is InChI=1S/C11H7Cl3N2O2/c12-7-2-1-6(8(13)3-7)4-16-5-9(14)10(17)15-11(16)18/h1-3,5H,4H2,(H,15,17,18). The molecule has 0 bridgehead atoms. The molecule has 0 amide bonds. The van der Waals surface area contributed by atoms with E-state index in [-0.39, 0.29) is 11.6 Å². The molecule has 0 aliphatic rings. The van der Waals surface area contributed by atoms with Gasteiger partial charge in [-0.15, -0.1) is 0 Å². The van der Waals surface area contributed by atoms with E-state index in [0.717, 1.165) is 0 Å². The van der Waals surface area contributed by atoms with Crippen LogP contribution in [0.4, 0.5) is 0 Å². The van der Waals surface area contributed by atoms with Crippen LogP contribution in [0.25, 0.3) is 0 Å². The molecule has 1 heterocycles. The molecule has 2 rings (SSSR count). The molecule has 0 atom stereocenters. The molecule has 2 aromatic rings. The number of nitrogens with one attached hydrogen (secondary N) is 1. The minimum atomic E-state index is -0.611. The zero-order chi connectivity index (χ0) is 13.3. The number of rotatable bonds is 2. The van der Waals surface area contributed by atoms with Crippen molar-refractivity contribution in [1.29, 1.82) is 0 Å². The predicted octanol–water partition coefficient (Wildman–Crippen LogP) is 2.55. The molecule has 0 spiro atoms. The summed E-state index contributed by atoms with van der Waals surface area (Å²) in [6, 6.07) is 4.95. The minimum absolute atomic E-state index is 0.0558. The number of hydrogen-bond donors (Lipinski definition) is 1. The van der Waals surface area contributed by atoms with Gasteiger partial charge in [-0.3, -0.25) is 14.3 Å². The summed E-state index contributed by atoms with van der Waals surface area (Å²) < 4.78 is 1.26. The van der Waals surface area contributed by atoms with E-state index in [1.54, 1.807) is 18.2 Å². The average Bonchev–Trinajstić information content (AvgIpc) is 2.29. The molecular weight excluding hydrogens is 298 g/mol. The van der Waals surface area contributed by atoms with Gasteiger partial charge in [0, 0.05) is 16.2 Å². The lowest BCUT2D eigenvalue weighted by Crippen LogP contribution is -2.30. The van der Waals surface area contributed by atoms with Crippen LogP contribution in [0.3, 0.4) is 0 Å². The average molecular weight is 306 g/mol. The number of nitrogens with zero attached hydrogens (tertiary/aromatic N) is 1. The van der Waals surface area contributed by atoms with Crippen LogP contribution in [0.5, 0.6) is 0 Å². The number of benzene rings is 1. The molecule has 0 radical (unpaired) electrons. The highest BCUT2D eigenvalue weighted by atomic mass is 35.5. The van der Waals surface area contributed by atoms with Crippen molar-refractivity contribution in [1.82, 2.24) is 9.55 Å². The second kappa shape index (κ2) is 5.18. The van der Waals surface area contributed by atoms with Gasteiger partial charge in [0.2, 0.25) is 0 Å². The van der Waals surface area contributed by atoms with E-state index < -0.39 is 11.2 Å². The lowest BCUT2D eigenvalue weighted by molar-refractivity contribution is 0.721. The first-order chi connectivity index (χ1) is 8.47. The summed E-state index contributed by atoms with van der Waals surface area (Å²) in [6.07, 6.45) is 1.27. The quantitative estimate of drug-likeness (QED) is 0.927. The Balaban J connectivity index is 2.43. The summed E-state index contributed by atoms with van der Waals surface area (Å²) >= 11 is 17.4. The van der Waals surface area contributed by atoms with Gasteiger partial charge in [0.15, 0.2) is 0 Å². The molecule has 0 aliphatic heterocycles. The summed E-state index contributed by atoms with van der Waals surface area (Å²) in [5.74, 6) is 0. The normalized spacial score (nSPS) is 10.6. The monoisotopic (exact) mass is 304 g/mol. The highest BCUT2D eigenvalue weighted by molar-refractivity contribution is 6.35. The van der Waals surface area contributed by atoms with Crippen molar-refractivity contribution in [2.75, 3.05) is 0 Å². The molecule has 1 N–H and O–H groups in total. The number of halogens is 3. The predicted molar refractivity (Wildman–Crippen MR) is 71.9 cm³/mol. The first kappa shape index (κ1) is 13.2. The van der Waals surface area contributed by atoms with Crippen LogP contribution in [0, 0.1) is 0 Å². The molecule has 0 saturated heterocycles. The fourth-order valence-electron chi connectivity index (χ4n) is 1.43. The van der Waals surface area contributed by atoms with Crippen molar-refractivity contribution < 1.29 is 0 Å². The topological polar surface area (TPSA) is 54.9 Å². The SMILES string of the molecule is O=c1[nH]c(=O)n(Cc2ccc(Cl)cc2Cl)cc1Cl. The Morgan fingerprint density at radius 2 is 1.83 bits per heavy atom. The molecule has 4 nitrogen and oxygen atoms in total. The third kappa shape index (κ3) is 2.77. The van der Waals surface area contributed by atoms with Gasteiger partial charge in [0.25, 0.3) is 5.56 Å². The first-order valence-corrected chi connectivity index (χ1v) is 6.04. The molecule has 0 fully saturated rings. The van der Waals surface area contributed by atoms with E-state index in [1.807, 2.05) is 0 Å². The summed E-state index contributed by atoms with van der Waals surface area (Å²) in [4.78, 5) is 24.8. The largest absolute Gasteiger partial charge is 0.328 e. The smallest absolute Gasteiger partial charge is 0.295 e. The van der Waals surface area contributed by atoms with Crippen LogP contribution in [0.15, 0.2) is 34.0 Å². The van der Waals surface area contributed by atoms with E-state index >= 15 is 0 Å². The number of aromatic amines is 1. The molecule has 1 aromatic carbocycles. The van der Waals surface area contributed by atoms with Crippen molar-refractivity contribution in [3.05, 3.63) is 65.9 Å². The van der Waals surface area contributed by atoms with Crippen LogP contribution in [0.2, 0.25) is 15.1 Å². The van der Waals surface area contributed by atoms with Crippen LogP contribution in [-0.2, 0) is 6.54 Å². The van der Waals surface area contributed by atoms with Crippen LogP contribution < -0.4 is 11.2 Å². The fourth-order valence-corrected chi connectivity index (χ4v) is 2.07. The Morgan fingerprint density at radius 3 is 2.50 bits per heavy atom. The molecule has 1 aromatic heterocycles. The third-order valence-corrected chi connectivity index (χ3v) is 3.18. The van der Waals surface area contributed by atoms with Crippen molar-refractivity contribution >= 4 is 34.8 Å². The van der Waals surface area contributed by atoms with Gasteiger partial charge in [0.05, 0.1) is 6.54 Å². The molecule has 0 aliphatic carbocycles. The third-order valence-electron chi connectivity index (χ3n) is 2.32. The summed E-state index contributed by atoms with van der Waals surface area (Å²) in [7, 11) is 0. The van der Waals surface area contributed by atoms with Crippen LogP contribution in [0.1, 0.15) is 5.56 Å². The zero-order valence-electron chi connectivity index (χ0n) is 8.91. The maximum atomic E-state index is 11.6. The van der Waals surface area contributed by atoms with Crippen molar-refractivity contribution in [2.24, 2.45) is 0 Å². The Hall–Kier alpha value is -1.23. The van der Waals surface area contributed by atoms with Gasteiger partial charge >= 0.3 is 5.69 Å². The minimum Gasteiger partial charge on any atom is -0.295 e. The first-order valence-electron chi connectivity index (χ1n) is 4.90. The van der Waals surface area contributed by atoms with Crippen LogP contribution in [-0.4, -0.2) is 9.55 Å². The second-order valence-corrected chi connectivity index (χ2v) is 4.85. The maximum Gasteiger partial charge on any atom is 0.328 e. The molecule has 7 heteroatoms. The van der Waals surface area contributed by atoms with Gasteiger partial charge < -0.3 is 0 Å². The summed E-state index contributed by atoms with van der Waals surface area (Å²) in [6.45, 7) is 0.200. The highest BCUT2D eigenvalue weighted by Gasteiger charge is 2.06. The van der Waals surface area contributed by atoms with Crippen LogP contribution >= 0.6 is 34.8 Å². The van der Waals surface area contributed by atoms with E-state index in [2.05, 4.69) is 4.98 Å². The molecule has 0 saturated carbocycles. The Kier molecular flexibility index (Phi) is 3.80. The van der Waals surface area contributed by atoms with Gasteiger partial charge in [-0.1, -0.05) is 40.9 Å². The van der Waals surface area contributed by atoms with Gasteiger partial charge in [-0.05, 0) is 17.7 Å². The van der Waals surface area contributed by atoms with Gasteiger partial charge in [-0.25, -0.2) is 4.79 Å². The van der Waals surface area contributed by atoms with Crippen molar-refractivity contribution in [3.8, 4) is 0 Å². The van der Waals surface area contributed by atoms with E-state index in [4.69, 9.17) is 34.8 Å². The van der Waals surface area contributed by atoms with Crippen molar-refractivity contribution in [3.63, 3.8) is 0 Å². The Labute approximate surface area is 117 Å². The van der Waals surface area contributed by atoms with E-state index in [1.165, 1.54) is 10.8 Å². The van der Waals surface area contributed by atoms with Gasteiger partial charge in [-0.2, -0.15) is 0 Å².